The standard InChI is InChI=1S/C44H52N6O8S/c1-26(2)36-25-57-41(47-36)35-22-33-27(3)38(56-4)20-19-32(33)40(46-35)58-30-21-37-39(51)48-44(43(53)49-59(54,55)31-17-18-31)23-28(44)13-9-6-5-7-12-16-34(42(52)50(37)24-30)45-29-14-10-8-11-15-29/h8-11,13-15,19-20,22,25-26,28,30-31,34,37,45H,5-7,12,16-18,21,23-24H2,1-4H3,(H,48,51)(H,49,53)/b13-9-/t28-,30+,34-,37-,44+/m0/s1. The number of sulfonamides is 1. The smallest absolute Gasteiger partial charge is 0.259 e. The van der Waals surface area contributed by atoms with Crippen LogP contribution in [-0.2, 0) is 24.4 Å². The minimum atomic E-state index is -3.88. The fraction of sp³-hybridized carbons (Fsp3) is 0.477. The van der Waals surface area contributed by atoms with E-state index in [0.29, 0.717) is 42.0 Å². The number of carbonyl (C=O) groups excluding carboxylic acids is 3. The number of methoxy groups -OCH3 is 1. The third-order valence-electron chi connectivity index (χ3n) is 12.0. The van der Waals surface area contributed by atoms with E-state index in [4.69, 9.17) is 18.9 Å². The van der Waals surface area contributed by atoms with E-state index >= 15 is 0 Å². The van der Waals surface area contributed by atoms with Crippen LogP contribution in [0, 0.1) is 12.8 Å². The summed E-state index contributed by atoms with van der Waals surface area (Å²) < 4.78 is 46.5. The summed E-state index contributed by atoms with van der Waals surface area (Å²) in [6.07, 6.45) is 9.95. The number of hydrogen-bond donors (Lipinski definition) is 3. The van der Waals surface area contributed by atoms with Gasteiger partial charge in [-0.05, 0) is 92.6 Å². The summed E-state index contributed by atoms with van der Waals surface area (Å²) in [5.74, 6) is -0.571. The van der Waals surface area contributed by atoms with Crippen molar-refractivity contribution in [1.29, 1.82) is 0 Å². The van der Waals surface area contributed by atoms with Crippen molar-refractivity contribution in [2.75, 3.05) is 19.0 Å². The van der Waals surface area contributed by atoms with Crippen molar-refractivity contribution in [3.63, 3.8) is 0 Å². The molecular weight excluding hydrogens is 773 g/mol. The number of rotatable bonds is 10. The number of amides is 3. The van der Waals surface area contributed by atoms with Crippen LogP contribution in [0.3, 0.4) is 0 Å². The highest BCUT2D eigenvalue weighted by Crippen LogP contribution is 2.46. The zero-order valence-electron chi connectivity index (χ0n) is 33.9. The minimum absolute atomic E-state index is 0.0571. The van der Waals surface area contributed by atoms with E-state index in [1.807, 2.05) is 81.5 Å². The molecule has 15 heteroatoms. The maximum atomic E-state index is 14.8. The second kappa shape index (κ2) is 16.3. The topological polar surface area (TPSA) is 182 Å². The first-order valence-electron chi connectivity index (χ1n) is 20.6. The number of hydrogen-bond acceptors (Lipinski definition) is 11. The first-order chi connectivity index (χ1) is 28.4. The van der Waals surface area contributed by atoms with Crippen molar-refractivity contribution < 1.29 is 36.7 Å². The van der Waals surface area contributed by atoms with Gasteiger partial charge in [-0.15, -0.1) is 0 Å². The van der Waals surface area contributed by atoms with E-state index in [9.17, 15) is 22.8 Å². The molecule has 2 aromatic heterocycles. The first kappa shape index (κ1) is 40.3. The number of anilines is 1. The van der Waals surface area contributed by atoms with Crippen LogP contribution in [0.1, 0.15) is 88.8 Å². The lowest BCUT2D eigenvalue weighted by atomic mass is 10.0. The Labute approximate surface area is 344 Å². The number of carbonyl (C=O) groups is 3. The highest BCUT2D eigenvalue weighted by atomic mass is 32.2. The first-order valence-corrected chi connectivity index (χ1v) is 22.2. The van der Waals surface area contributed by atoms with Crippen LogP contribution < -0.4 is 24.8 Å². The number of para-hydroxylation sites is 1. The lowest BCUT2D eigenvalue weighted by molar-refractivity contribution is -0.140. The molecule has 4 aliphatic rings. The summed E-state index contributed by atoms with van der Waals surface area (Å²) >= 11 is 0. The number of ether oxygens (including phenoxy) is 2. The van der Waals surface area contributed by atoms with Gasteiger partial charge in [0.25, 0.3) is 5.91 Å². The van der Waals surface area contributed by atoms with Crippen LogP contribution in [0.5, 0.6) is 11.6 Å². The summed E-state index contributed by atoms with van der Waals surface area (Å²) in [4.78, 5) is 54.5. The van der Waals surface area contributed by atoms with Gasteiger partial charge in [-0.3, -0.25) is 19.1 Å². The van der Waals surface area contributed by atoms with Crippen LogP contribution in [0.15, 0.2) is 71.4 Å². The average Bonchev–Trinajstić information content (AvgIpc) is 4.09. The fourth-order valence-corrected chi connectivity index (χ4v) is 9.61. The van der Waals surface area contributed by atoms with E-state index in [-0.39, 0.29) is 37.1 Å². The van der Waals surface area contributed by atoms with E-state index in [1.54, 1.807) is 18.3 Å². The predicted molar refractivity (Wildman–Crippen MR) is 222 cm³/mol. The van der Waals surface area contributed by atoms with Crippen molar-refractivity contribution in [2.24, 2.45) is 5.92 Å². The maximum absolute atomic E-state index is 14.8. The van der Waals surface area contributed by atoms with Crippen LogP contribution in [0.25, 0.3) is 22.4 Å². The minimum Gasteiger partial charge on any atom is -0.496 e. The molecule has 14 nitrogen and oxygen atoms in total. The molecule has 3 amide bonds. The van der Waals surface area contributed by atoms with Gasteiger partial charge < -0.3 is 29.4 Å². The van der Waals surface area contributed by atoms with Gasteiger partial charge >= 0.3 is 0 Å². The van der Waals surface area contributed by atoms with E-state index in [1.165, 1.54) is 0 Å². The van der Waals surface area contributed by atoms with Gasteiger partial charge in [0.1, 0.15) is 41.4 Å². The largest absolute Gasteiger partial charge is 0.496 e. The van der Waals surface area contributed by atoms with Gasteiger partial charge in [-0.25, -0.2) is 18.4 Å². The number of allylic oxidation sites excluding steroid dienone is 1. The van der Waals surface area contributed by atoms with Gasteiger partial charge in [0, 0.05) is 23.4 Å². The average molecular weight is 825 g/mol. The van der Waals surface area contributed by atoms with Gasteiger partial charge in [0.15, 0.2) is 0 Å². The molecule has 0 radical (unpaired) electrons. The van der Waals surface area contributed by atoms with E-state index in [0.717, 1.165) is 48.0 Å². The molecule has 0 unspecified atom stereocenters. The maximum Gasteiger partial charge on any atom is 0.259 e. The molecule has 4 aromatic rings. The highest BCUT2D eigenvalue weighted by molar-refractivity contribution is 7.91. The Kier molecular flexibility index (Phi) is 11.2. The molecule has 2 aliphatic carbocycles. The number of pyridine rings is 1. The molecule has 5 atom stereocenters. The third-order valence-corrected chi connectivity index (χ3v) is 13.8. The number of aryl methyl sites for hydroxylation is 1. The quantitative estimate of drug-likeness (QED) is 0.156. The number of benzene rings is 2. The van der Waals surface area contributed by atoms with Gasteiger partial charge in [-0.1, -0.05) is 57.0 Å². The van der Waals surface area contributed by atoms with Gasteiger partial charge in [0.2, 0.25) is 33.6 Å². The number of aromatic nitrogens is 2. The molecule has 4 heterocycles. The molecule has 3 fully saturated rings. The van der Waals surface area contributed by atoms with Crippen LogP contribution in [0.4, 0.5) is 5.69 Å². The summed E-state index contributed by atoms with van der Waals surface area (Å²) in [6, 6.07) is 13.4. The van der Waals surface area contributed by atoms with Crippen LogP contribution in [0.2, 0.25) is 0 Å². The SMILES string of the molecule is COc1ccc2c(O[C@@H]3C[C@H]4C(=O)N[C@]5(C(=O)NS(=O)(=O)C6CC6)C[C@@H]5/C=C\CCCCC[C@H](Nc5ccccc5)C(=O)N4C3)nc(-c3nc(C(C)C)co3)cc2c1C. The van der Waals surface area contributed by atoms with Crippen LogP contribution >= 0.6 is 0 Å². The fourth-order valence-electron chi connectivity index (χ4n) is 8.25. The second-order valence-electron chi connectivity index (χ2n) is 16.6. The Morgan fingerprint density at radius 2 is 1.83 bits per heavy atom. The molecule has 2 aromatic carbocycles. The van der Waals surface area contributed by atoms with Gasteiger partial charge in [-0.2, -0.15) is 0 Å². The Hall–Kier alpha value is -5.44. The molecule has 59 heavy (non-hydrogen) atoms. The molecule has 8 rings (SSSR count). The Bertz CT molecular complexity index is 2380. The lowest BCUT2D eigenvalue weighted by Crippen LogP contribution is -2.57. The molecule has 0 spiro atoms. The number of oxazole rings is 1. The Balaban J connectivity index is 1.15. The normalized spacial score (nSPS) is 25.6. The summed E-state index contributed by atoms with van der Waals surface area (Å²) in [5.41, 5.74) is 1.39. The summed E-state index contributed by atoms with van der Waals surface area (Å²) in [6.45, 7) is 6.05. The lowest BCUT2D eigenvalue weighted by Gasteiger charge is -2.30. The monoisotopic (exact) mass is 824 g/mol. The number of nitrogens with zero attached hydrogens (tertiary/aromatic N) is 3. The Morgan fingerprint density at radius 1 is 1.03 bits per heavy atom. The molecule has 3 N–H and O–H groups in total. The van der Waals surface area contributed by atoms with Crippen molar-refractivity contribution >= 4 is 44.2 Å². The van der Waals surface area contributed by atoms with E-state index < -0.39 is 56.7 Å². The Morgan fingerprint density at radius 3 is 2.56 bits per heavy atom. The zero-order chi connectivity index (χ0) is 41.5. The van der Waals surface area contributed by atoms with Crippen molar-refractivity contribution in [3.8, 4) is 23.2 Å². The van der Waals surface area contributed by atoms with Crippen molar-refractivity contribution in [1.82, 2.24) is 24.9 Å². The molecular formula is C44H52N6O8S. The summed E-state index contributed by atoms with van der Waals surface area (Å²) in [5, 5.41) is 7.29. The highest BCUT2D eigenvalue weighted by Gasteiger charge is 2.62. The molecule has 1 saturated heterocycles. The predicted octanol–water partition coefficient (Wildman–Crippen LogP) is 6.16. The molecule has 312 valence electrons. The van der Waals surface area contributed by atoms with Crippen molar-refractivity contribution in [3.05, 3.63) is 78.2 Å². The summed E-state index contributed by atoms with van der Waals surface area (Å²) in [7, 11) is -2.27. The molecule has 0 bridgehead atoms. The van der Waals surface area contributed by atoms with Crippen molar-refractivity contribution in [2.45, 2.75) is 113 Å². The molecule has 2 aliphatic heterocycles. The third kappa shape index (κ3) is 8.39. The number of nitrogens with one attached hydrogen (secondary N) is 3. The molecule has 2 saturated carbocycles. The van der Waals surface area contributed by atoms with Crippen LogP contribution in [-0.4, -0.2) is 83.6 Å². The number of fused-ring (bicyclic) bond motifs is 3. The van der Waals surface area contributed by atoms with E-state index in [2.05, 4.69) is 20.3 Å². The zero-order valence-corrected chi connectivity index (χ0v) is 34.7. The van der Waals surface area contributed by atoms with Gasteiger partial charge in [0.05, 0.1) is 24.6 Å². The second-order valence-corrected chi connectivity index (χ2v) is 18.6.